The minimum atomic E-state index is -0.125. The zero-order valence-electron chi connectivity index (χ0n) is 12.5. The second-order valence-corrected chi connectivity index (χ2v) is 7.28. The molecule has 4 rings (SSSR count). The van der Waals surface area contributed by atoms with E-state index in [9.17, 15) is 4.79 Å². The van der Waals surface area contributed by atoms with Crippen LogP contribution in [0.4, 0.5) is 5.13 Å². The van der Waals surface area contributed by atoms with Crippen LogP contribution in [0.2, 0.25) is 5.02 Å². The van der Waals surface area contributed by atoms with Crippen LogP contribution in [-0.2, 0) is 6.54 Å². The summed E-state index contributed by atoms with van der Waals surface area (Å²) < 4.78 is 2.17. The van der Waals surface area contributed by atoms with Crippen molar-refractivity contribution < 1.29 is 4.79 Å². The summed E-state index contributed by atoms with van der Waals surface area (Å²) in [5.41, 5.74) is 1.69. The van der Waals surface area contributed by atoms with Crippen molar-refractivity contribution >= 4 is 44.9 Å². The summed E-state index contributed by atoms with van der Waals surface area (Å²) in [4.78, 5) is 16.7. The van der Waals surface area contributed by atoms with Crippen molar-refractivity contribution in [3.8, 4) is 0 Å². The van der Waals surface area contributed by atoms with Gasteiger partial charge in [0.15, 0.2) is 5.13 Å². The molecule has 118 valence electrons. The summed E-state index contributed by atoms with van der Waals surface area (Å²) in [7, 11) is 0. The Morgan fingerprint density at radius 1 is 1.43 bits per heavy atom. The largest absolute Gasteiger partial charge is 0.346 e. The van der Waals surface area contributed by atoms with Gasteiger partial charge in [0, 0.05) is 34.7 Å². The molecule has 0 unspecified atom stereocenters. The molecular weight excluding hydrogens is 330 g/mol. The Labute approximate surface area is 143 Å². The van der Waals surface area contributed by atoms with Gasteiger partial charge in [0.2, 0.25) is 0 Å². The monoisotopic (exact) mass is 345 g/mol. The number of halogens is 1. The Hall–Kier alpha value is -1.85. The first-order valence-electron chi connectivity index (χ1n) is 7.70. The van der Waals surface area contributed by atoms with Gasteiger partial charge in [-0.05, 0) is 30.9 Å². The Kier molecular flexibility index (Phi) is 3.83. The first-order chi connectivity index (χ1) is 11.2. The summed E-state index contributed by atoms with van der Waals surface area (Å²) in [5, 5.41) is 6.94. The Morgan fingerprint density at radius 2 is 2.30 bits per heavy atom. The van der Waals surface area contributed by atoms with E-state index in [2.05, 4.69) is 14.9 Å². The average molecular weight is 346 g/mol. The van der Waals surface area contributed by atoms with Gasteiger partial charge in [0.05, 0.1) is 11.1 Å². The van der Waals surface area contributed by atoms with Crippen molar-refractivity contribution in [1.29, 1.82) is 0 Å². The van der Waals surface area contributed by atoms with E-state index < -0.39 is 0 Å². The molecule has 0 saturated heterocycles. The van der Waals surface area contributed by atoms with Crippen molar-refractivity contribution in [2.75, 3.05) is 5.32 Å². The molecule has 1 fully saturated rings. The zero-order chi connectivity index (χ0) is 15.8. The minimum Gasteiger partial charge on any atom is -0.346 e. The molecule has 2 heterocycles. The van der Waals surface area contributed by atoms with Crippen LogP contribution >= 0.6 is 22.9 Å². The maximum atomic E-state index is 12.6. The molecule has 1 N–H and O–H groups in total. The SMILES string of the molecule is O=C(Nc1nccs1)c1cn(CC2CCC2)c2cc(Cl)ccc12. The fourth-order valence-electron chi connectivity index (χ4n) is 3.00. The number of anilines is 1. The number of aromatic nitrogens is 2. The van der Waals surface area contributed by atoms with Crippen LogP contribution in [-0.4, -0.2) is 15.5 Å². The van der Waals surface area contributed by atoms with E-state index in [-0.39, 0.29) is 5.91 Å². The summed E-state index contributed by atoms with van der Waals surface area (Å²) in [6, 6.07) is 5.69. The molecule has 0 atom stereocenters. The number of thiazole rings is 1. The summed E-state index contributed by atoms with van der Waals surface area (Å²) in [6.45, 7) is 0.946. The van der Waals surface area contributed by atoms with Crippen molar-refractivity contribution in [2.45, 2.75) is 25.8 Å². The minimum absolute atomic E-state index is 0.125. The Morgan fingerprint density at radius 3 is 3.00 bits per heavy atom. The molecule has 23 heavy (non-hydrogen) atoms. The molecule has 0 radical (unpaired) electrons. The van der Waals surface area contributed by atoms with Crippen LogP contribution in [0, 0.1) is 5.92 Å². The number of amides is 1. The van der Waals surface area contributed by atoms with Gasteiger partial charge in [-0.2, -0.15) is 0 Å². The van der Waals surface area contributed by atoms with E-state index in [1.165, 1.54) is 30.6 Å². The number of carbonyl (C=O) groups excluding carboxylic acids is 1. The molecule has 1 aliphatic carbocycles. The fraction of sp³-hybridized carbons (Fsp3) is 0.294. The number of rotatable bonds is 4. The summed E-state index contributed by atoms with van der Waals surface area (Å²) in [6.07, 6.45) is 7.46. The molecule has 2 aromatic heterocycles. The lowest BCUT2D eigenvalue weighted by Gasteiger charge is -2.26. The molecular formula is C17H16ClN3OS. The standard InChI is InChI=1S/C17H16ClN3OS/c18-12-4-5-13-14(16(22)20-17-19-6-7-23-17)10-21(15(13)8-12)9-11-2-1-3-11/h4-8,10-11H,1-3,9H2,(H,19,20,22). The maximum absolute atomic E-state index is 12.6. The van der Waals surface area contributed by atoms with Gasteiger partial charge in [-0.3, -0.25) is 10.1 Å². The molecule has 1 aromatic carbocycles. The highest BCUT2D eigenvalue weighted by atomic mass is 35.5. The quantitative estimate of drug-likeness (QED) is 0.738. The number of hydrogen-bond acceptors (Lipinski definition) is 3. The molecule has 0 aliphatic heterocycles. The van der Waals surface area contributed by atoms with Crippen LogP contribution in [0.5, 0.6) is 0 Å². The van der Waals surface area contributed by atoms with E-state index in [1.54, 1.807) is 6.20 Å². The van der Waals surface area contributed by atoms with Gasteiger partial charge >= 0.3 is 0 Å². The first-order valence-corrected chi connectivity index (χ1v) is 8.96. The number of carbonyl (C=O) groups is 1. The molecule has 3 aromatic rings. The lowest BCUT2D eigenvalue weighted by atomic mass is 9.85. The smallest absolute Gasteiger partial charge is 0.259 e. The number of hydrogen-bond donors (Lipinski definition) is 1. The van der Waals surface area contributed by atoms with Gasteiger partial charge in [0.1, 0.15) is 0 Å². The van der Waals surface area contributed by atoms with Crippen LogP contribution in [0.3, 0.4) is 0 Å². The Balaban J connectivity index is 1.71. The molecule has 0 bridgehead atoms. The van der Waals surface area contributed by atoms with Crippen LogP contribution in [0.15, 0.2) is 36.0 Å². The molecule has 1 aliphatic rings. The van der Waals surface area contributed by atoms with Crippen molar-refractivity contribution in [2.24, 2.45) is 5.92 Å². The van der Waals surface area contributed by atoms with E-state index in [1.807, 2.05) is 29.8 Å². The normalized spacial score (nSPS) is 14.8. The van der Waals surface area contributed by atoms with Crippen molar-refractivity contribution in [3.63, 3.8) is 0 Å². The maximum Gasteiger partial charge on any atom is 0.259 e. The fourth-order valence-corrected chi connectivity index (χ4v) is 3.69. The molecule has 0 spiro atoms. The van der Waals surface area contributed by atoms with Crippen LogP contribution < -0.4 is 5.32 Å². The number of fused-ring (bicyclic) bond motifs is 1. The predicted molar refractivity (Wildman–Crippen MR) is 94.4 cm³/mol. The predicted octanol–water partition coefficient (Wildman–Crippen LogP) is 4.80. The summed E-state index contributed by atoms with van der Waals surface area (Å²) in [5.74, 6) is 0.582. The van der Waals surface area contributed by atoms with Crippen molar-refractivity contribution in [1.82, 2.24) is 9.55 Å². The highest BCUT2D eigenvalue weighted by Gasteiger charge is 2.21. The zero-order valence-corrected chi connectivity index (χ0v) is 14.0. The van der Waals surface area contributed by atoms with Crippen LogP contribution in [0.1, 0.15) is 29.6 Å². The highest BCUT2D eigenvalue weighted by Crippen LogP contribution is 2.32. The highest BCUT2D eigenvalue weighted by molar-refractivity contribution is 7.13. The number of nitrogens with one attached hydrogen (secondary N) is 1. The molecule has 4 nitrogen and oxygen atoms in total. The lowest BCUT2D eigenvalue weighted by Crippen LogP contribution is -2.17. The van der Waals surface area contributed by atoms with Gasteiger partial charge in [-0.25, -0.2) is 4.98 Å². The van der Waals surface area contributed by atoms with Gasteiger partial charge < -0.3 is 4.57 Å². The van der Waals surface area contributed by atoms with Crippen LogP contribution in [0.25, 0.3) is 10.9 Å². The van der Waals surface area contributed by atoms with Gasteiger partial charge in [-0.1, -0.05) is 24.1 Å². The third-order valence-corrected chi connectivity index (χ3v) is 5.34. The summed E-state index contributed by atoms with van der Waals surface area (Å²) >= 11 is 7.57. The molecule has 1 saturated carbocycles. The van der Waals surface area contributed by atoms with E-state index in [0.717, 1.165) is 17.4 Å². The van der Waals surface area contributed by atoms with E-state index in [0.29, 0.717) is 21.6 Å². The third kappa shape index (κ3) is 2.86. The average Bonchev–Trinajstić information content (AvgIpc) is 3.10. The third-order valence-electron chi connectivity index (χ3n) is 4.42. The second-order valence-electron chi connectivity index (χ2n) is 5.94. The van der Waals surface area contributed by atoms with Crippen molar-refractivity contribution in [3.05, 3.63) is 46.6 Å². The van der Waals surface area contributed by atoms with Gasteiger partial charge in [-0.15, -0.1) is 11.3 Å². The lowest BCUT2D eigenvalue weighted by molar-refractivity contribution is 0.102. The number of nitrogens with zero attached hydrogens (tertiary/aromatic N) is 2. The van der Waals surface area contributed by atoms with E-state index in [4.69, 9.17) is 11.6 Å². The first kappa shape index (κ1) is 14.7. The number of benzene rings is 1. The molecule has 1 amide bonds. The second kappa shape index (κ2) is 5.98. The topological polar surface area (TPSA) is 46.9 Å². The molecule has 6 heteroatoms. The van der Waals surface area contributed by atoms with Gasteiger partial charge in [0.25, 0.3) is 5.91 Å². The van der Waals surface area contributed by atoms with E-state index >= 15 is 0 Å². The Bertz CT molecular complexity index is 852.